The second kappa shape index (κ2) is 17.0. The van der Waals surface area contributed by atoms with E-state index < -0.39 is 7.68 Å². The molecule has 140 valence electrons. The maximum atomic E-state index is 13.0. The van der Waals surface area contributed by atoms with Crippen molar-refractivity contribution in [3.05, 3.63) is 0 Å². The molecule has 0 N–H and O–H groups in total. The van der Waals surface area contributed by atoms with Crippen LogP contribution in [-0.2, 0) is 9.09 Å². The summed E-state index contributed by atoms with van der Waals surface area (Å²) >= 11 is 0. The second-order valence-electron chi connectivity index (χ2n) is 6.80. The first-order valence-corrected chi connectivity index (χ1v) is 11.7. The van der Waals surface area contributed by atoms with E-state index in [1.165, 1.54) is 90.6 Å². The van der Waals surface area contributed by atoms with Crippen LogP contribution in [0.1, 0.15) is 110 Å². The van der Waals surface area contributed by atoms with E-state index in [2.05, 4.69) is 11.4 Å². The Morgan fingerprint density at radius 2 is 0.957 bits per heavy atom. The first kappa shape index (κ1) is 23.1. The van der Waals surface area contributed by atoms with Gasteiger partial charge in [0.25, 0.3) is 0 Å². The Hall–Kier alpha value is 0.120. The zero-order chi connectivity index (χ0) is 17.2. The van der Waals surface area contributed by atoms with Gasteiger partial charge in [0.2, 0.25) is 0 Å². The maximum Gasteiger partial charge on any atom is 0.367 e. The predicted octanol–water partition coefficient (Wildman–Crippen LogP) is 8.06. The number of rotatable bonds is 18. The Kier molecular flexibility index (Phi) is 17.0. The minimum atomic E-state index is -3.76. The van der Waals surface area contributed by atoms with Crippen molar-refractivity contribution in [1.82, 2.24) is 0 Å². The van der Waals surface area contributed by atoms with Crippen molar-refractivity contribution in [2.24, 2.45) is 0 Å². The average Bonchev–Trinajstić information content (AvgIpc) is 2.54. The maximum absolute atomic E-state index is 13.0. The predicted molar refractivity (Wildman–Crippen MR) is 100 cm³/mol. The highest BCUT2D eigenvalue weighted by atomic mass is 31.2. The van der Waals surface area contributed by atoms with E-state index in [-0.39, 0.29) is 6.16 Å². The quantitative estimate of drug-likeness (QED) is 0.184. The highest BCUT2D eigenvalue weighted by Gasteiger charge is 2.18. The van der Waals surface area contributed by atoms with Crippen molar-refractivity contribution >= 4 is 7.68 Å². The lowest BCUT2D eigenvalue weighted by Gasteiger charge is -2.06. The van der Waals surface area contributed by atoms with E-state index >= 15 is 0 Å². The minimum Gasteiger partial charge on any atom is -0.309 e. The third kappa shape index (κ3) is 18.3. The molecule has 4 heteroatoms. The summed E-state index contributed by atoms with van der Waals surface area (Å²) in [4.78, 5) is 0. The van der Waals surface area contributed by atoms with Crippen molar-refractivity contribution in [3.8, 4) is 0 Å². The zero-order valence-electron chi connectivity index (χ0n) is 15.7. The van der Waals surface area contributed by atoms with E-state index in [9.17, 15) is 8.76 Å². The van der Waals surface area contributed by atoms with Gasteiger partial charge in [0.05, 0.1) is 6.16 Å². The molecule has 0 amide bonds. The molecule has 0 bridgehead atoms. The smallest absolute Gasteiger partial charge is 0.309 e. The summed E-state index contributed by atoms with van der Waals surface area (Å²) in [5.74, 6) is 0. The number of hydrogen-bond donors (Lipinski definition) is 0. The molecular weight excluding hydrogens is 310 g/mol. The van der Waals surface area contributed by atoms with Gasteiger partial charge in [-0.05, 0) is 6.42 Å². The molecule has 23 heavy (non-hydrogen) atoms. The van der Waals surface area contributed by atoms with Gasteiger partial charge in [-0.1, -0.05) is 103 Å². The zero-order valence-corrected chi connectivity index (χ0v) is 16.6. The van der Waals surface area contributed by atoms with Crippen molar-refractivity contribution in [3.63, 3.8) is 0 Å². The van der Waals surface area contributed by atoms with Gasteiger partial charge in [-0.3, -0.25) is 4.57 Å². The lowest BCUT2D eigenvalue weighted by molar-refractivity contribution is 0.354. The first-order chi connectivity index (χ1) is 11.1. The third-order valence-electron chi connectivity index (χ3n) is 4.55. The molecule has 0 aromatic rings. The SMILES string of the molecule is CCCCCCCCCCCCCCCCCCP(=O)(F)OC. The van der Waals surface area contributed by atoms with Crippen LogP contribution in [0.3, 0.4) is 0 Å². The van der Waals surface area contributed by atoms with Gasteiger partial charge in [-0.2, -0.15) is 4.20 Å². The van der Waals surface area contributed by atoms with Crippen LogP contribution in [-0.4, -0.2) is 13.3 Å². The molecular formula is C19H40FO2P. The normalized spacial score (nSPS) is 14.0. The molecule has 0 radical (unpaired) electrons. The molecule has 0 rings (SSSR count). The van der Waals surface area contributed by atoms with E-state index in [0.717, 1.165) is 12.8 Å². The van der Waals surface area contributed by atoms with E-state index in [1.807, 2.05) is 0 Å². The summed E-state index contributed by atoms with van der Waals surface area (Å²) < 4.78 is 28.4. The molecule has 1 atom stereocenters. The number of unbranched alkanes of at least 4 members (excludes halogenated alkanes) is 15. The van der Waals surface area contributed by atoms with E-state index in [0.29, 0.717) is 6.42 Å². The van der Waals surface area contributed by atoms with Crippen molar-refractivity contribution < 1.29 is 13.3 Å². The molecule has 0 fully saturated rings. The van der Waals surface area contributed by atoms with Gasteiger partial charge >= 0.3 is 7.68 Å². The fraction of sp³-hybridized carbons (Fsp3) is 1.00. The molecule has 0 aromatic carbocycles. The third-order valence-corrected chi connectivity index (χ3v) is 5.95. The summed E-state index contributed by atoms with van der Waals surface area (Å²) in [6.45, 7) is 2.27. The summed E-state index contributed by atoms with van der Waals surface area (Å²) in [7, 11) is -2.57. The van der Waals surface area contributed by atoms with Crippen LogP contribution < -0.4 is 0 Å². The van der Waals surface area contributed by atoms with Gasteiger partial charge < -0.3 is 4.52 Å². The number of hydrogen-bond acceptors (Lipinski definition) is 2. The molecule has 0 saturated heterocycles. The summed E-state index contributed by atoms with van der Waals surface area (Å²) in [6, 6.07) is 0. The topological polar surface area (TPSA) is 26.3 Å². The monoisotopic (exact) mass is 350 g/mol. The molecule has 2 nitrogen and oxygen atoms in total. The van der Waals surface area contributed by atoms with Crippen LogP contribution >= 0.6 is 7.68 Å². The molecule has 0 aromatic heterocycles. The second-order valence-corrected chi connectivity index (χ2v) is 8.79. The largest absolute Gasteiger partial charge is 0.367 e. The first-order valence-electron chi connectivity index (χ1n) is 9.97. The van der Waals surface area contributed by atoms with Crippen LogP contribution in [0.2, 0.25) is 0 Å². The minimum absolute atomic E-state index is 0.0853. The van der Waals surface area contributed by atoms with E-state index in [4.69, 9.17) is 0 Å². The van der Waals surface area contributed by atoms with Gasteiger partial charge in [0.1, 0.15) is 0 Å². The Bertz CT molecular complexity index is 285. The van der Waals surface area contributed by atoms with Gasteiger partial charge in [0.15, 0.2) is 0 Å². The summed E-state index contributed by atoms with van der Waals surface area (Å²) in [5, 5.41) is 0. The molecule has 0 aliphatic heterocycles. The van der Waals surface area contributed by atoms with Crippen molar-refractivity contribution in [1.29, 1.82) is 0 Å². The van der Waals surface area contributed by atoms with Crippen LogP contribution in [0.4, 0.5) is 4.20 Å². The van der Waals surface area contributed by atoms with Crippen LogP contribution in [0.15, 0.2) is 0 Å². The molecule has 0 spiro atoms. The van der Waals surface area contributed by atoms with Crippen molar-refractivity contribution in [2.75, 3.05) is 13.3 Å². The molecule has 0 aliphatic carbocycles. The van der Waals surface area contributed by atoms with Gasteiger partial charge in [-0.15, -0.1) is 0 Å². The Morgan fingerprint density at radius 3 is 1.26 bits per heavy atom. The fourth-order valence-corrected chi connectivity index (χ4v) is 3.72. The molecule has 1 unspecified atom stereocenters. The molecule has 0 aliphatic rings. The average molecular weight is 350 g/mol. The Balaban J connectivity index is 3.07. The molecule has 0 saturated carbocycles. The number of halogens is 1. The van der Waals surface area contributed by atoms with Crippen molar-refractivity contribution in [2.45, 2.75) is 110 Å². The van der Waals surface area contributed by atoms with Crippen LogP contribution in [0.5, 0.6) is 0 Å². The van der Waals surface area contributed by atoms with E-state index in [1.54, 1.807) is 0 Å². The highest BCUT2D eigenvalue weighted by Crippen LogP contribution is 2.48. The summed E-state index contributed by atoms with van der Waals surface area (Å²) in [5.41, 5.74) is 0. The standard InChI is InChI=1S/C19H40FO2P/c1-3-4-5-6-7-8-9-10-11-12-13-14-15-16-17-18-19-23(20,21)22-2/h3-19H2,1-2H3. The van der Waals surface area contributed by atoms with Gasteiger partial charge in [0, 0.05) is 7.11 Å². The van der Waals surface area contributed by atoms with Crippen LogP contribution in [0, 0.1) is 0 Å². The molecule has 0 heterocycles. The lowest BCUT2D eigenvalue weighted by atomic mass is 10.0. The van der Waals surface area contributed by atoms with Gasteiger partial charge in [-0.25, -0.2) is 0 Å². The lowest BCUT2D eigenvalue weighted by Crippen LogP contribution is -1.88. The Labute approximate surface area is 144 Å². The fourth-order valence-electron chi connectivity index (χ4n) is 2.94. The summed E-state index contributed by atoms with van der Waals surface area (Å²) in [6.07, 6.45) is 20.7. The Morgan fingerprint density at radius 1 is 0.652 bits per heavy atom. The van der Waals surface area contributed by atoms with Crippen LogP contribution in [0.25, 0.3) is 0 Å². The highest BCUT2D eigenvalue weighted by molar-refractivity contribution is 7.53.